The Morgan fingerprint density at radius 1 is 1.20 bits per heavy atom. The summed E-state index contributed by atoms with van der Waals surface area (Å²) < 4.78 is 2.98. The second-order valence-electron chi connectivity index (χ2n) is 4.48. The fraction of sp³-hybridized carbons (Fsp3) is 0.0667. The number of carboxylic acids is 1. The van der Waals surface area contributed by atoms with Crippen molar-refractivity contribution in [2.75, 3.05) is 0 Å². The molecule has 1 heterocycles. The van der Waals surface area contributed by atoms with Crippen molar-refractivity contribution in [2.24, 2.45) is 0 Å². The van der Waals surface area contributed by atoms with Crippen molar-refractivity contribution < 1.29 is 9.90 Å². The molecule has 5 heteroatoms. The average Bonchev–Trinajstić information content (AvgIpc) is 2.84. The smallest absolute Gasteiger partial charge is 0.337 e. The number of nitrogens with zero attached hydrogens (tertiary/aromatic N) is 2. The summed E-state index contributed by atoms with van der Waals surface area (Å²) in [5.74, 6) is -0.954. The van der Waals surface area contributed by atoms with Crippen LogP contribution in [0, 0.1) is 0 Å². The number of benzene rings is 2. The number of para-hydroxylation sites is 1. The molecule has 3 rings (SSSR count). The quantitative estimate of drug-likeness (QED) is 0.799. The molecule has 0 saturated heterocycles. The SMILES string of the molecule is O=C(O)c1cccc2c1ncn2Cc1ccc(Br)cc1. The molecular formula is C15H11BrN2O2. The van der Waals surface area contributed by atoms with Gasteiger partial charge in [0.25, 0.3) is 0 Å². The molecule has 0 spiro atoms. The van der Waals surface area contributed by atoms with E-state index in [2.05, 4.69) is 20.9 Å². The van der Waals surface area contributed by atoms with Crippen molar-refractivity contribution in [1.82, 2.24) is 9.55 Å². The molecule has 0 bridgehead atoms. The monoisotopic (exact) mass is 330 g/mol. The summed E-state index contributed by atoms with van der Waals surface area (Å²) in [4.78, 5) is 15.4. The van der Waals surface area contributed by atoms with Gasteiger partial charge >= 0.3 is 5.97 Å². The summed E-state index contributed by atoms with van der Waals surface area (Å²) in [6.07, 6.45) is 1.68. The van der Waals surface area contributed by atoms with E-state index in [0.29, 0.717) is 12.1 Å². The maximum absolute atomic E-state index is 11.2. The molecule has 0 aliphatic carbocycles. The molecule has 3 aromatic rings. The van der Waals surface area contributed by atoms with Crippen LogP contribution in [0.3, 0.4) is 0 Å². The van der Waals surface area contributed by atoms with Crippen LogP contribution in [0.15, 0.2) is 53.3 Å². The number of carboxylic acid groups (broad SMARTS) is 1. The summed E-state index contributed by atoms with van der Waals surface area (Å²) in [6.45, 7) is 0.660. The summed E-state index contributed by atoms with van der Waals surface area (Å²) in [5, 5.41) is 9.16. The van der Waals surface area contributed by atoms with E-state index in [1.807, 2.05) is 34.9 Å². The minimum Gasteiger partial charge on any atom is -0.478 e. The van der Waals surface area contributed by atoms with Crippen LogP contribution < -0.4 is 0 Å². The number of imidazole rings is 1. The first kappa shape index (κ1) is 12.9. The summed E-state index contributed by atoms with van der Waals surface area (Å²) in [6, 6.07) is 13.2. The van der Waals surface area contributed by atoms with E-state index in [1.165, 1.54) is 0 Å². The van der Waals surface area contributed by atoms with Gasteiger partial charge in [0.1, 0.15) is 5.52 Å². The lowest BCUT2D eigenvalue weighted by atomic mass is 10.2. The zero-order valence-electron chi connectivity index (χ0n) is 10.5. The van der Waals surface area contributed by atoms with Gasteiger partial charge in [0.2, 0.25) is 0 Å². The van der Waals surface area contributed by atoms with Crippen LogP contribution >= 0.6 is 15.9 Å². The van der Waals surface area contributed by atoms with Crippen LogP contribution in [0.1, 0.15) is 15.9 Å². The fourth-order valence-corrected chi connectivity index (χ4v) is 2.44. The first-order valence-corrected chi connectivity index (χ1v) is 6.86. The first-order chi connectivity index (χ1) is 9.65. The Bertz CT molecular complexity index is 778. The molecule has 2 aromatic carbocycles. The van der Waals surface area contributed by atoms with Gasteiger partial charge in [-0.2, -0.15) is 0 Å². The molecule has 4 nitrogen and oxygen atoms in total. The molecule has 0 fully saturated rings. The second kappa shape index (κ2) is 5.09. The Kier molecular flexibility index (Phi) is 3.28. The second-order valence-corrected chi connectivity index (χ2v) is 5.39. The molecule has 100 valence electrons. The highest BCUT2D eigenvalue weighted by Crippen LogP contribution is 2.19. The van der Waals surface area contributed by atoms with Crippen LogP contribution in [0.25, 0.3) is 11.0 Å². The minimum absolute atomic E-state index is 0.233. The number of fused-ring (bicyclic) bond motifs is 1. The molecule has 1 aromatic heterocycles. The highest BCUT2D eigenvalue weighted by Gasteiger charge is 2.12. The lowest BCUT2D eigenvalue weighted by molar-refractivity contribution is 0.0699. The van der Waals surface area contributed by atoms with Gasteiger partial charge in [-0.25, -0.2) is 9.78 Å². The highest BCUT2D eigenvalue weighted by molar-refractivity contribution is 9.10. The van der Waals surface area contributed by atoms with Crippen LogP contribution in [0.2, 0.25) is 0 Å². The first-order valence-electron chi connectivity index (χ1n) is 6.07. The van der Waals surface area contributed by atoms with E-state index < -0.39 is 5.97 Å². The van der Waals surface area contributed by atoms with Gasteiger partial charge in [-0.15, -0.1) is 0 Å². The minimum atomic E-state index is -0.954. The van der Waals surface area contributed by atoms with E-state index in [9.17, 15) is 4.79 Å². The number of hydrogen-bond acceptors (Lipinski definition) is 2. The van der Waals surface area contributed by atoms with Crippen LogP contribution in [-0.4, -0.2) is 20.6 Å². The highest BCUT2D eigenvalue weighted by atomic mass is 79.9. The topological polar surface area (TPSA) is 55.1 Å². The molecule has 0 amide bonds. The zero-order chi connectivity index (χ0) is 14.1. The molecule has 0 aliphatic heterocycles. The largest absolute Gasteiger partial charge is 0.478 e. The molecule has 0 radical (unpaired) electrons. The number of rotatable bonds is 3. The maximum Gasteiger partial charge on any atom is 0.337 e. The normalized spacial score (nSPS) is 10.8. The van der Waals surface area contributed by atoms with Crippen LogP contribution in [-0.2, 0) is 6.54 Å². The van der Waals surface area contributed by atoms with Gasteiger partial charge in [-0.1, -0.05) is 34.1 Å². The molecule has 0 unspecified atom stereocenters. The van der Waals surface area contributed by atoms with Gasteiger partial charge in [0.15, 0.2) is 0 Å². The third-order valence-electron chi connectivity index (χ3n) is 3.15. The third-order valence-corrected chi connectivity index (χ3v) is 3.68. The number of aromatic nitrogens is 2. The Hall–Kier alpha value is -2.14. The van der Waals surface area contributed by atoms with Gasteiger partial charge in [-0.05, 0) is 29.8 Å². The zero-order valence-corrected chi connectivity index (χ0v) is 12.0. The van der Waals surface area contributed by atoms with E-state index in [0.717, 1.165) is 15.6 Å². The molecule has 1 N–H and O–H groups in total. The Labute approximate surface area is 123 Å². The van der Waals surface area contributed by atoms with Crippen molar-refractivity contribution in [3.05, 3.63) is 64.4 Å². The van der Waals surface area contributed by atoms with Gasteiger partial charge in [0.05, 0.1) is 17.4 Å². The molecule has 0 aliphatic rings. The van der Waals surface area contributed by atoms with Gasteiger partial charge < -0.3 is 9.67 Å². The third kappa shape index (κ3) is 2.32. The number of aromatic carboxylic acids is 1. The van der Waals surface area contributed by atoms with Crippen LogP contribution in [0.4, 0.5) is 0 Å². The Morgan fingerprint density at radius 3 is 2.65 bits per heavy atom. The standard InChI is InChI=1S/C15H11BrN2O2/c16-11-6-4-10(5-7-11)8-18-9-17-14-12(15(19)20)2-1-3-13(14)18/h1-7,9H,8H2,(H,19,20). The van der Waals surface area contributed by atoms with Crippen LogP contribution in [0.5, 0.6) is 0 Å². The van der Waals surface area contributed by atoms with Crippen molar-refractivity contribution >= 4 is 32.9 Å². The van der Waals surface area contributed by atoms with Crippen molar-refractivity contribution in [3.63, 3.8) is 0 Å². The molecule has 0 saturated carbocycles. The fourth-order valence-electron chi connectivity index (χ4n) is 2.17. The molecule has 20 heavy (non-hydrogen) atoms. The summed E-state index contributed by atoms with van der Waals surface area (Å²) in [5.41, 5.74) is 2.72. The number of hydrogen-bond donors (Lipinski definition) is 1. The predicted octanol–water partition coefficient (Wildman–Crippen LogP) is 3.55. The van der Waals surface area contributed by atoms with Crippen molar-refractivity contribution in [2.45, 2.75) is 6.54 Å². The molecule has 0 atom stereocenters. The van der Waals surface area contributed by atoms with E-state index >= 15 is 0 Å². The Morgan fingerprint density at radius 2 is 1.95 bits per heavy atom. The summed E-state index contributed by atoms with van der Waals surface area (Å²) >= 11 is 3.40. The number of halogens is 1. The lowest BCUT2D eigenvalue weighted by Crippen LogP contribution is -2.00. The maximum atomic E-state index is 11.2. The molecular weight excluding hydrogens is 320 g/mol. The van der Waals surface area contributed by atoms with Crippen molar-refractivity contribution in [3.8, 4) is 0 Å². The Balaban J connectivity index is 2.03. The lowest BCUT2D eigenvalue weighted by Gasteiger charge is -2.05. The van der Waals surface area contributed by atoms with Crippen molar-refractivity contribution in [1.29, 1.82) is 0 Å². The van der Waals surface area contributed by atoms with Gasteiger partial charge in [0, 0.05) is 11.0 Å². The number of carbonyl (C=O) groups is 1. The van der Waals surface area contributed by atoms with Gasteiger partial charge in [-0.3, -0.25) is 0 Å². The van der Waals surface area contributed by atoms with E-state index in [-0.39, 0.29) is 5.56 Å². The van der Waals surface area contributed by atoms with E-state index in [1.54, 1.807) is 18.5 Å². The van der Waals surface area contributed by atoms with E-state index in [4.69, 9.17) is 5.11 Å². The summed E-state index contributed by atoms with van der Waals surface area (Å²) in [7, 11) is 0. The average molecular weight is 331 g/mol. The predicted molar refractivity (Wildman–Crippen MR) is 79.9 cm³/mol.